The fraction of sp³-hybridized carbons (Fsp3) is 0.321. The van der Waals surface area contributed by atoms with E-state index in [0.29, 0.717) is 28.7 Å². The summed E-state index contributed by atoms with van der Waals surface area (Å²) in [7, 11) is 4.21. The van der Waals surface area contributed by atoms with Gasteiger partial charge in [-0.2, -0.15) is 5.26 Å². The van der Waals surface area contributed by atoms with Crippen molar-refractivity contribution in [3.63, 3.8) is 0 Å². The van der Waals surface area contributed by atoms with E-state index in [1.807, 2.05) is 42.5 Å². The van der Waals surface area contributed by atoms with Crippen LogP contribution < -0.4 is 10.6 Å². The molecule has 7 heteroatoms. The zero-order valence-corrected chi connectivity index (χ0v) is 20.2. The summed E-state index contributed by atoms with van der Waals surface area (Å²) >= 11 is 0. The molecule has 7 nitrogen and oxygen atoms in total. The number of hydrogen-bond donors (Lipinski definition) is 3. The minimum Gasteiger partial charge on any atom is -0.506 e. The number of carbonyl (C=O) groups excluding carboxylic acids is 1. The largest absolute Gasteiger partial charge is 0.506 e. The van der Waals surface area contributed by atoms with E-state index in [4.69, 9.17) is 5.26 Å². The van der Waals surface area contributed by atoms with Gasteiger partial charge in [0.25, 0.3) is 5.91 Å². The smallest absolute Gasteiger partial charge is 0.270 e. The van der Waals surface area contributed by atoms with Gasteiger partial charge >= 0.3 is 0 Å². The van der Waals surface area contributed by atoms with Crippen molar-refractivity contribution in [3.8, 4) is 23.1 Å². The SMILES string of the molecule is C=C(C#N)CNc1c(O)ccc2ccc(-c3cccc(C(=O)NC4CCC(N(C)C)CC4)n3)cc12. The molecule has 2 aromatic carbocycles. The van der Waals surface area contributed by atoms with Crippen molar-refractivity contribution < 1.29 is 9.90 Å². The Morgan fingerprint density at radius 3 is 2.63 bits per heavy atom. The standard InChI is InChI=1S/C28H31N5O2/c1-18(16-29)17-30-27-23-15-20(8-7-19(23)9-14-26(27)34)24-5-4-6-25(32-24)28(35)31-21-10-12-22(13-11-21)33(2)3/h4-9,14-15,21-22,30,34H,1,10-13,17H2,2-3H3,(H,31,35). The lowest BCUT2D eigenvalue weighted by molar-refractivity contribution is 0.0911. The van der Waals surface area contributed by atoms with Crippen LogP contribution in [0.3, 0.4) is 0 Å². The van der Waals surface area contributed by atoms with Crippen LogP contribution in [0.25, 0.3) is 22.0 Å². The summed E-state index contributed by atoms with van der Waals surface area (Å²) in [6.45, 7) is 3.92. The summed E-state index contributed by atoms with van der Waals surface area (Å²) in [5.41, 5.74) is 2.78. The molecule has 3 N–H and O–H groups in total. The van der Waals surface area contributed by atoms with Crippen molar-refractivity contribution in [3.05, 3.63) is 66.4 Å². The van der Waals surface area contributed by atoms with Crippen LogP contribution in [0.2, 0.25) is 0 Å². The molecule has 0 aliphatic heterocycles. The lowest BCUT2D eigenvalue weighted by atomic mass is 9.90. The van der Waals surface area contributed by atoms with Crippen LogP contribution in [-0.2, 0) is 0 Å². The molecule has 3 aromatic rings. The molecule has 0 radical (unpaired) electrons. The maximum absolute atomic E-state index is 12.9. The summed E-state index contributed by atoms with van der Waals surface area (Å²) in [4.78, 5) is 19.8. The average molecular weight is 470 g/mol. The molecule has 0 atom stereocenters. The van der Waals surface area contributed by atoms with E-state index in [9.17, 15) is 9.90 Å². The monoisotopic (exact) mass is 469 g/mol. The number of phenolic OH excluding ortho intramolecular Hbond substituents is 1. The van der Waals surface area contributed by atoms with Crippen LogP contribution in [0, 0.1) is 11.3 Å². The van der Waals surface area contributed by atoms with E-state index in [-0.39, 0.29) is 24.2 Å². The van der Waals surface area contributed by atoms with E-state index in [1.165, 1.54) is 0 Å². The minimum absolute atomic E-state index is 0.0884. The Kier molecular flexibility index (Phi) is 7.33. The molecule has 1 aromatic heterocycles. The number of nitrogens with one attached hydrogen (secondary N) is 2. The molecule has 0 spiro atoms. The van der Waals surface area contributed by atoms with Gasteiger partial charge in [-0.1, -0.05) is 30.8 Å². The van der Waals surface area contributed by atoms with Crippen LogP contribution in [-0.4, -0.2) is 53.6 Å². The molecule has 0 saturated heterocycles. The topological polar surface area (TPSA) is 101 Å². The quantitative estimate of drug-likeness (QED) is 0.342. The number of aromatic nitrogens is 1. The fourth-order valence-electron chi connectivity index (χ4n) is 4.61. The second-order valence-corrected chi connectivity index (χ2v) is 9.32. The number of hydrogen-bond acceptors (Lipinski definition) is 6. The number of rotatable bonds is 7. The maximum atomic E-state index is 12.9. The highest BCUT2D eigenvalue weighted by Crippen LogP contribution is 2.35. The Bertz CT molecular complexity index is 1290. The summed E-state index contributed by atoms with van der Waals surface area (Å²) < 4.78 is 0. The maximum Gasteiger partial charge on any atom is 0.270 e. The minimum atomic E-state index is -0.157. The first-order valence-electron chi connectivity index (χ1n) is 11.9. The number of aromatic hydroxyl groups is 1. The molecule has 0 unspecified atom stereocenters. The number of carbonyl (C=O) groups is 1. The summed E-state index contributed by atoms with van der Waals surface area (Å²) in [5, 5.41) is 27.4. The van der Waals surface area contributed by atoms with E-state index in [0.717, 1.165) is 42.0 Å². The van der Waals surface area contributed by atoms with Gasteiger partial charge < -0.3 is 20.6 Å². The molecular weight excluding hydrogens is 438 g/mol. The molecule has 0 bridgehead atoms. The zero-order chi connectivity index (χ0) is 24.9. The number of nitrogens with zero attached hydrogens (tertiary/aromatic N) is 3. The first kappa shape index (κ1) is 24.2. The molecule has 1 aliphatic carbocycles. The number of nitriles is 1. The third kappa shape index (κ3) is 5.61. The number of fused-ring (bicyclic) bond motifs is 1. The Morgan fingerprint density at radius 2 is 1.91 bits per heavy atom. The number of amides is 1. The van der Waals surface area contributed by atoms with E-state index < -0.39 is 0 Å². The Labute approximate surface area is 206 Å². The van der Waals surface area contributed by atoms with Crippen LogP contribution in [0.15, 0.2) is 60.7 Å². The number of phenols is 1. The lowest BCUT2D eigenvalue weighted by Crippen LogP contribution is -2.42. The summed E-state index contributed by atoms with van der Waals surface area (Å²) in [6, 6.07) is 17.5. The molecule has 1 heterocycles. The van der Waals surface area contributed by atoms with Crippen LogP contribution >= 0.6 is 0 Å². The number of pyridine rings is 1. The lowest BCUT2D eigenvalue weighted by Gasteiger charge is -2.32. The van der Waals surface area contributed by atoms with Crippen LogP contribution in [0.4, 0.5) is 5.69 Å². The van der Waals surface area contributed by atoms with Crippen molar-refractivity contribution in [2.45, 2.75) is 37.8 Å². The van der Waals surface area contributed by atoms with Crippen LogP contribution in [0.1, 0.15) is 36.2 Å². The van der Waals surface area contributed by atoms with Gasteiger partial charge in [0.2, 0.25) is 0 Å². The van der Waals surface area contributed by atoms with Crippen molar-refractivity contribution in [2.75, 3.05) is 26.0 Å². The molecule has 1 saturated carbocycles. The van der Waals surface area contributed by atoms with Crippen molar-refractivity contribution in [1.29, 1.82) is 5.26 Å². The first-order chi connectivity index (χ1) is 16.9. The second kappa shape index (κ2) is 10.6. The molecule has 1 amide bonds. The van der Waals surface area contributed by atoms with Gasteiger partial charge in [0.15, 0.2) is 0 Å². The third-order valence-corrected chi connectivity index (χ3v) is 6.68. The first-order valence-corrected chi connectivity index (χ1v) is 11.9. The molecular formula is C28H31N5O2. The Balaban J connectivity index is 1.55. The predicted molar refractivity (Wildman–Crippen MR) is 139 cm³/mol. The van der Waals surface area contributed by atoms with Crippen molar-refractivity contribution >= 4 is 22.4 Å². The van der Waals surface area contributed by atoms with Crippen molar-refractivity contribution in [1.82, 2.24) is 15.2 Å². The number of benzene rings is 2. The average Bonchev–Trinajstić information content (AvgIpc) is 2.88. The Hall–Kier alpha value is -3.89. The normalized spacial score (nSPS) is 17.7. The van der Waals surface area contributed by atoms with Gasteiger partial charge in [0.1, 0.15) is 11.4 Å². The Morgan fingerprint density at radius 1 is 1.17 bits per heavy atom. The fourth-order valence-corrected chi connectivity index (χ4v) is 4.61. The number of anilines is 1. The second-order valence-electron chi connectivity index (χ2n) is 9.32. The van der Waals surface area contributed by atoms with Gasteiger partial charge in [-0.15, -0.1) is 0 Å². The van der Waals surface area contributed by atoms with E-state index in [2.05, 4.69) is 41.2 Å². The third-order valence-electron chi connectivity index (χ3n) is 6.68. The summed E-state index contributed by atoms with van der Waals surface area (Å²) in [6.07, 6.45) is 4.09. The predicted octanol–water partition coefficient (Wildman–Crippen LogP) is 4.70. The van der Waals surface area contributed by atoms with E-state index >= 15 is 0 Å². The molecule has 1 fully saturated rings. The highest BCUT2D eigenvalue weighted by atomic mass is 16.3. The molecule has 180 valence electrons. The van der Waals surface area contributed by atoms with Gasteiger partial charge in [0, 0.05) is 35.2 Å². The van der Waals surface area contributed by atoms with Crippen LogP contribution in [0.5, 0.6) is 5.75 Å². The van der Waals surface area contributed by atoms with Gasteiger partial charge in [-0.3, -0.25) is 4.79 Å². The van der Waals surface area contributed by atoms with Gasteiger partial charge in [-0.05, 0) is 69.4 Å². The zero-order valence-electron chi connectivity index (χ0n) is 20.2. The van der Waals surface area contributed by atoms with Crippen molar-refractivity contribution in [2.24, 2.45) is 0 Å². The highest BCUT2D eigenvalue weighted by molar-refractivity contribution is 5.99. The van der Waals surface area contributed by atoms with Gasteiger partial charge in [-0.25, -0.2) is 4.98 Å². The molecule has 1 aliphatic rings. The summed E-state index contributed by atoms with van der Waals surface area (Å²) in [5.74, 6) is -0.0681. The molecule has 35 heavy (non-hydrogen) atoms. The van der Waals surface area contributed by atoms with E-state index in [1.54, 1.807) is 12.1 Å². The van der Waals surface area contributed by atoms with Gasteiger partial charge in [0.05, 0.1) is 17.5 Å². The molecule has 4 rings (SSSR count). The highest BCUT2D eigenvalue weighted by Gasteiger charge is 2.24.